The molecule has 0 amide bonds. The van der Waals surface area contributed by atoms with E-state index in [1.807, 2.05) is 19.3 Å². The Balaban J connectivity index is 1.13. The molecule has 1 aromatic heterocycles. The van der Waals surface area contributed by atoms with E-state index in [0.29, 0.717) is 17.9 Å². The van der Waals surface area contributed by atoms with Gasteiger partial charge in [-0.05, 0) is 110 Å². The highest BCUT2D eigenvalue weighted by atomic mass is 16.5. The van der Waals surface area contributed by atoms with Gasteiger partial charge in [0.05, 0.1) is 16.8 Å². The predicted octanol–water partition coefficient (Wildman–Crippen LogP) is 5.91. The number of nitrogens with zero attached hydrogens (tertiary/aromatic N) is 2. The van der Waals surface area contributed by atoms with Gasteiger partial charge in [0, 0.05) is 36.9 Å². The number of hydrogen-bond acceptors (Lipinski definition) is 4. The van der Waals surface area contributed by atoms with Crippen LogP contribution in [0.1, 0.15) is 76.7 Å². The van der Waals surface area contributed by atoms with Crippen molar-refractivity contribution in [2.45, 2.75) is 94.0 Å². The minimum Gasteiger partial charge on any atom is -0.388 e. The maximum absolute atomic E-state index is 10.3. The Morgan fingerprint density at radius 2 is 1.94 bits per heavy atom. The summed E-state index contributed by atoms with van der Waals surface area (Å²) >= 11 is 0. The molecular weight excluding hydrogens is 444 g/mol. The second kappa shape index (κ2) is 7.09. The fourth-order valence-electron chi connectivity index (χ4n) is 9.65. The second-order valence-corrected chi connectivity index (χ2v) is 13.5. The van der Waals surface area contributed by atoms with Crippen LogP contribution in [0.25, 0.3) is 10.8 Å². The highest BCUT2D eigenvalue weighted by Crippen LogP contribution is 2.69. The Bertz CT molecular complexity index is 1320. The quantitative estimate of drug-likeness (QED) is 0.578. The van der Waals surface area contributed by atoms with Crippen molar-refractivity contribution in [1.29, 1.82) is 0 Å². The van der Waals surface area contributed by atoms with Gasteiger partial charge in [-0.2, -0.15) is 0 Å². The van der Waals surface area contributed by atoms with Crippen LogP contribution in [0.15, 0.2) is 60.0 Å². The normalized spacial score (nSPS) is 42.7. The lowest BCUT2D eigenvalue weighted by molar-refractivity contribution is -0.157. The molecule has 4 heteroatoms. The molecule has 0 radical (unpaired) electrons. The van der Waals surface area contributed by atoms with Gasteiger partial charge in [0.25, 0.3) is 0 Å². The van der Waals surface area contributed by atoms with Crippen molar-refractivity contribution in [2.24, 2.45) is 11.3 Å². The number of benzene rings is 1. The molecule has 1 unspecified atom stereocenters. The van der Waals surface area contributed by atoms with Gasteiger partial charge in [-0.1, -0.05) is 31.2 Å². The first kappa shape index (κ1) is 22.0. The minimum absolute atomic E-state index is 0.0767. The van der Waals surface area contributed by atoms with Gasteiger partial charge >= 0.3 is 0 Å². The summed E-state index contributed by atoms with van der Waals surface area (Å²) in [5.41, 5.74) is 4.08. The standard InChI is InChI=1S/C32H38N2O2/c1-29(35)19-34(20-29)26-6-5-24-16-25-9-11-30(2)27(22-4-3-21-10-14-33-18-23(21)15-22)7-8-28(30)32(25)13-12-31(24,17-26)36-32/h3-4,9-10,14-16,18,26-28,35H,5-8,11-13,17,19-20H2,1-2H3/t26-,27?,28+,30+,31+,32+/m0/s1. The third-order valence-electron chi connectivity index (χ3n) is 11.3. The molecule has 2 bridgehead atoms. The van der Waals surface area contributed by atoms with Crippen molar-refractivity contribution in [1.82, 2.24) is 9.88 Å². The fraction of sp³-hybridized carbons (Fsp3) is 0.594. The Kier molecular flexibility index (Phi) is 4.34. The zero-order valence-electron chi connectivity index (χ0n) is 21.7. The van der Waals surface area contributed by atoms with Crippen molar-refractivity contribution in [2.75, 3.05) is 13.1 Å². The van der Waals surface area contributed by atoms with Crippen LogP contribution in [0.5, 0.6) is 0 Å². The highest BCUT2D eigenvalue weighted by molar-refractivity contribution is 5.82. The number of aromatic nitrogens is 1. The average Bonchev–Trinajstić information content (AvgIpc) is 3.37. The van der Waals surface area contributed by atoms with Crippen LogP contribution in [-0.2, 0) is 4.74 Å². The molecule has 8 rings (SSSR count). The summed E-state index contributed by atoms with van der Waals surface area (Å²) in [6, 6.07) is 9.73. The van der Waals surface area contributed by atoms with Crippen molar-refractivity contribution >= 4 is 10.8 Å². The van der Waals surface area contributed by atoms with Crippen molar-refractivity contribution in [3.8, 4) is 0 Å². The lowest BCUT2D eigenvalue weighted by Crippen LogP contribution is -2.65. The first-order valence-electron chi connectivity index (χ1n) is 14.2. The average molecular weight is 483 g/mol. The van der Waals surface area contributed by atoms with E-state index in [0.717, 1.165) is 45.2 Å². The highest BCUT2D eigenvalue weighted by Gasteiger charge is 2.66. The van der Waals surface area contributed by atoms with Gasteiger partial charge in [0.15, 0.2) is 0 Å². The Labute approximate surface area is 214 Å². The lowest BCUT2D eigenvalue weighted by Gasteiger charge is -2.56. The zero-order chi connectivity index (χ0) is 24.3. The maximum Gasteiger partial charge on any atom is 0.0974 e. The van der Waals surface area contributed by atoms with E-state index in [1.54, 1.807) is 5.57 Å². The monoisotopic (exact) mass is 482 g/mol. The van der Waals surface area contributed by atoms with Crippen molar-refractivity contribution in [3.05, 3.63) is 65.5 Å². The summed E-state index contributed by atoms with van der Waals surface area (Å²) in [7, 11) is 0. The van der Waals surface area contributed by atoms with Crippen LogP contribution >= 0.6 is 0 Å². The van der Waals surface area contributed by atoms with E-state index in [1.165, 1.54) is 41.2 Å². The van der Waals surface area contributed by atoms with E-state index < -0.39 is 5.60 Å². The fourth-order valence-corrected chi connectivity index (χ4v) is 9.65. The van der Waals surface area contributed by atoms with Crippen molar-refractivity contribution in [3.63, 3.8) is 0 Å². The largest absolute Gasteiger partial charge is 0.388 e. The molecule has 3 aliphatic carbocycles. The zero-order valence-corrected chi connectivity index (χ0v) is 21.7. The smallest absolute Gasteiger partial charge is 0.0974 e. The van der Waals surface area contributed by atoms with E-state index in [2.05, 4.69) is 53.2 Å². The number of allylic oxidation sites excluding steroid dienone is 1. The number of β-amino-alcohol motifs (C(OH)–C–C–N with tert-alkyl or cyclic N) is 1. The number of fused-ring (bicyclic) bond motifs is 2. The lowest BCUT2D eigenvalue weighted by atomic mass is 9.58. The molecule has 36 heavy (non-hydrogen) atoms. The molecule has 3 aliphatic heterocycles. The summed E-state index contributed by atoms with van der Waals surface area (Å²) in [4.78, 5) is 6.89. The molecule has 1 N–H and O–H groups in total. The molecule has 4 fully saturated rings. The Morgan fingerprint density at radius 1 is 1.06 bits per heavy atom. The SMILES string of the molecule is CC1(O)CN([C@H]2CCC3=CC4=CC[C@]5(C)C(c6ccc7ccncc7c6)CC[C@H]5[C@@]45CC[C@]3(C2)O5)C1. The third-order valence-corrected chi connectivity index (χ3v) is 11.3. The molecule has 1 aromatic carbocycles. The number of aliphatic hydroxyl groups is 1. The Morgan fingerprint density at radius 3 is 2.81 bits per heavy atom. The van der Waals surface area contributed by atoms with Crippen LogP contribution in [0.2, 0.25) is 0 Å². The number of ether oxygens (including phenoxy) is 1. The van der Waals surface area contributed by atoms with E-state index in [4.69, 9.17) is 4.74 Å². The molecule has 2 spiro atoms. The van der Waals surface area contributed by atoms with E-state index in [9.17, 15) is 5.11 Å². The molecule has 188 valence electrons. The third kappa shape index (κ3) is 2.84. The molecule has 2 aromatic rings. The second-order valence-electron chi connectivity index (χ2n) is 13.5. The first-order chi connectivity index (χ1) is 17.3. The summed E-state index contributed by atoms with van der Waals surface area (Å²) < 4.78 is 7.48. The molecule has 6 atom stereocenters. The predicted molar refractivity (Wildman–Crippen MR) is 142 cm³/mol. The summed E-state index contributed by atoms with van der Waals surface area (Å²) in [5.74, 6) is 1.13. The van der Waals surface area contributed by atoms with Gasteiger partial charge in [-0.15, -0.1) is 0 Å². The Hall–Kier alpha value is -2.01. The summed E-state index contributed by atoms with van der Waals surface area (Å²) in [5, 5.41) is 12.9. The molecule has 4 nitrogen and oxygen atoms in total. The van der Waals surface area contributed by atoms with Crippen LogP contribution in [-0.4, -0.2) is 50.9 Å². The molecule has 2 saturated heterocycles. The molecule has 4 heterocycles. The van der Waals surface area contributed by atoms with Gasteiger partial charge in [0.2, 0.25) is 0 Å². The molecular formula is C32H38N2O2. The number of rotatable bonds is 2. The van der Waals surface area contributed by atoms with Gasteiger partial charge in [-0.25, -0.2) is 0 Å². The maximum atomic E-state index is 10.3. The van der Waals surface area contributed by atoms with Crippen molar-refractivity contribution < 1.29 is 9.84 Å². The van der Waals surface area contributed by atoms with Crippen LogP contribution in [0, 0.1) is 11.3 Å². The van der Waals surface area contributed by atoms with Crippen LogP contribution in [0.3, 0.4) is 0 Å². The number of likely N-dealkylation sites (tertiary alicyclic amines) is 1. The molecule has 2 saturated carbocycles. The van der Waals surface area contributed by atoms with Gasteiger partial charge in [0.1, 0.15) is 0 Å². The summed E-state index contributed by atoms with van der Waals surface area (Å²) in [6.07, 6.45) is 18.5. The number of pyridine rings is 1. The van der Waals surface area contributed by atoms with E-state index >= 15 is 0 Å². The van der Waals surface area contributed by atoms with Crippen LogP contribution in [0.4, 0.5) is 0 Å². The summed E-state index contributed by atoms with van der Waals surface area (Å²) in [6.45, 7) is 6.16. The topological polar surface area (TPSA) is 45.6 Å². The minimum atomic E-state index is -0.503. The van der Waals surface area contributed by atoms with Crippen LogP contribution < -0.4 is 0 Å². The molecule has 6 aliphatic rings. The van der Waals surface area contributed by atoms with Gasteiger partial charge < -0.3 is 9.84 Å². The first-order valence-corrected chi connectivity index (χ1v) is 14.2. The van der Waals surface area contributed by atoms with Gasteiger partial charge in [-0.3, -0.25) is 9.88 Å². The van der Waals surface area contributed by atoms with E-state index in [-0.39, 0.29) is 16.6 Å². The number of hydrogen-bond donors (Lipinski definition) is 1.